The largest absolute Gasteiger partial charge is 0.479 e. The third kappa shape index (κ3) is 3.48. The lowest BCUT2D eigenvalue weighted by molar-refractivity contribution is -0.139. The molecule has 1 unspecified atom stereocenters. The first-order valence-corrected chi connectivity index (χ1v) is 8.94. The van der Waals surface area contributed by atoms with Crippen LogP contribution in [0, 0.1) is 6.92 Å². The van der Waals surface area contributed by atoms with E-state index in [2.05, 4.69) is 10.3 Å². The summed E-state index contributed by atoms with van der Waals surface area (Å²) in [6.07, 6.45) is 4.66. The molecule has 1 aliphatic rings. The van der Waals surface area contributed by atoms with E-state index in [1.165, 1.54) is 24.2 Å². The Hall–Kier alpha value is -2.21. The Morgan fingerprint density at radius 2 is 1.92 bits per heavy atom. The fourth-order valence-corrected chi connectivity index (χ4v) is 4.24. The lowest BCUT2D eigenvalue weighted by Gasteiger charge is -2.14. The summed E-state index contributed by atoms with van der Waals surface area (Å²) in [6.45, 7) is 1.81. The third-order valence-corrected chi connectivity index (χ3v) is 5.70. The van der Waals surface area contributed by atoms with E-state index in [9.17, 15) is 14.7 Å². The standard InChI is InChI=1S/C18H20N2O3S/c1-11-15(24-17(19-11)13-9-5-6-10-13)16(21)20-14(18(22)23)12-7-3-2-4-8-12/h2-4,7-8,13-14H,5-6,9-10H2,1H3,(H,20,21)(H,22,23). The van der Waals surface area contributed by atoms with Crippen molar-refractivity contribution in [2.24, 2.45) is 0 Å². The first-order valence-electron chi connectivity index (χ1n) is 8.12. The molecule has 1 fully saturated rings. The number of carbonyl (C=O) groups is 2. The van der Waals surface area contributed by atoms with Crippen molar-refractivity contribution in [3.05, 3.63) is 51.5 Å². The van der Waals surface area contributed by atoms with Gasteiger partial charge < -0.3 is 10.4 Å². The van der Waals surface area contributed by atoms with E-state index >= 15 is 0 Å². The van der Waals surface area contributed by atoms with Crippen LogP contribution in [-0.2, 0) is 4.79 Å². The summed E-state index contributed by atoms with van der Waals surface area (Å²) in [5, 5.41) is 13.1. The number of nitrogens with zero attached hydrogens (tertiary/aromatic N) is 1. The van der Waals surface area contributed by atoms with Gasteiger partial charge in [0.05, 0.1) is 10.7 Å². The van der Waals surface area contributed by atoms with Crippen molar-refractivity contribution in [2.45, 2.75) is 44.6 Å². The summed E-state index contributed by atoms with van der Waals surface area (Å²) in [7, 11) is 0. The number of rotatable bonds is 5. The number of thiazole rings is 1. The zero-order chi connectivity index (χ0) is 17.1. The van der Waals surface area contributed by atoms with E-state index in [0.717, 1.165) is 17.8 Å². The average Bonchev–Trinajstić information content (AvgIpc) is 3.22. The Labute approximate surface area is 144 Å². The topological polar surface area (TPSA) is 79.3 Å². The second-order valence-electron chi connectivity index (χ2n) is 6.10. The summed E-state index contributed by atoms with van der Waals surface area (Å²) >= 11 is 1.40. The van der Waals surface area contributed by atoms with E-state index in [1.807, 2.05) is 13.0 Å². The third-order valence-electron chi connectivity index (χ3n) is 4.38. The normalized spacial score (nSPS) is 16.0. The van der Waals surface area contributed by atoms with Gasteiger partial charge in [-0.25, -0.2) is 9.78 Å². The van der Waals surface area contributed by atoms with Crippen LogP contribution in [0.1, 0.15) is 63.6 Å². The summed E-state index contributed by atoms with van der Waals surface area (Å²) in [5.74, 6) is -1.00. The molecule has 0 saturated heterocycles. The van der Waals surface area contributed by atoms with E-state index in [1.54, 1.807) is 24.3 Å². The summed E-state index contributed by atoms with van der Waals surface area (Å²) in [5.41, 5.74) is 1.23. The number of nitrogens with one attached hydrogen (secondary N) is 1. The van der Waals surface area contributed by atoms with E-state index in [0.29, 0.717) is 22.1 Å². The van der Waals surface area contributed by atoms with Gasteiger partial charge >= 0.3 is 5.97 Å². The maximum absolute atomic E-state index is 12.6. The number of carboxylic acid groups (broad SMARTS) is 1. The molecular formula is C18H20N2O3S. The minimum atomic E-state index is -1.08. The molecule has 1 aromatic carbocycles. The van der Waals surface area contributed by atoms with Gasteiger partial charge in [-0.3, -0.25) is 4.79 Å². The number of aliphatic carboxylic acids is 1. The van der Waals surface area contributed by atoms with Crippen LogP contribution in [0.15, 0.2) is 30.3 Å². The van der Waals surface area contributed by atoms with Gasteiger partial charge in [0.1, 0.15) is 4.88 Å². The Bertz CT molecular complexity index is 736. The number of carboxylic acids is 1. The molecule has 6 heteroatoms. The number of hydrogen-bond acceptors (Lipinski definition) is 4. The fraction of sp³-hybridized carbons (Fsp3) is 0.389. The number of aryl methyl sites for hydroxylation is 1. The first-order chi connectivity index (χ1) is 11.6. The monoisotopic (exact) mass is 344 g/mol. The molecule has 1 amide bonds. The van der Waals surface area contributed by atoms with Gasteiger partial charge in [-0.1, -0.05) is 43.2 Å². The van der Waals surface area contributed by atoms with Crippen LogP contribution in [0.2, 0.25) is 0 Å². The molecule has 1 saturated carbocycles. The van der Waals surface area contributed by atoms with Crippen molar-refractivity contribution in [3.8, 4) is 0 Å². The van der Waals surface area contributed by atoms with Crippen molar-refractivity contribution in [3.63, 3.8) is 0 Å². The highest BCUT2D eigenvalue weighted by Gasteiger charge is 2.27. The number of amides is 1. The van der Waals surface area contributed by atoms with Gasteiger partial charge in [0.15, 0.2) is 6.04 Å². The first kappa shape index (κ1) is 16.6. The van der Waals surface area contributed by atoms with Crippen LogP contribution in [0.4, 0.5) is 0 Å². The lowest BCUT2D eigenvalue weighted by Crippen LogP contribution is -2.33. The van der Waals surface area contributed by atoms with Crippen LogP contribution in [-0.4, -0.2) is 22.0 Å². The van der Waals surface area contributed by atoms with Gasteiger partial charge in [-0.05, 0) is 25.3 Å². The maximum Gasteiger partial charge on any atom is 0.330 e. The van der Waals surface area contributed by atoms with Gasteiger partial charge in [0.2, 0.25) is 0 Å². The number of hydrogen-bond donors (Lipinski definition) is 2. The smallest absolute Gasteiger partial charge is 0.330 e. The highest BCUT2D eigenvalue weighted by atomic mass is 32.1. The molecule has 0 bridgehead atoms. The van der Waals surface area contributed by atoms with Crippen LogP contribution in [0.25, 0.3) is 0 Å². The molecule has 1 aromatic heterocycles. The quantitative estimate of drug-likeness (QED) is 0.867. The fourth-order valence-electron chi connectivity index (χ4n) is 3.11. The molecule has 1 atom stereocenters. The van der Waals surface area contributed by atoms with E-state index in [4.69, 9.17) is 0 Å². The number of carbonyl (C=O) groups excluding carboxylic acids is 1. The van der Waals surface area contributed by atoms with Crippen LogP contribution in [0.5, 0.6) is 0 Å². The Morgan fingerprint density at radius 1 is 1.25 bits per heavy atom. The molecule has 0 aliphatic heterocycles. The Morgan fingerprint density at radius 3 is 2.54 bits per heavy atom. The molecule has 126 valence electrons. The molecule has 0 radical (unpaired) electrons. The van der Waals surface area contributed by atoms with E-state index < -0.39 is 12.0 Å². The minimum Gasteiger partial charge on any atom is -0.479 e. The van der Waals surface area contributed by atoms with Crippen molar-refractivity contribution in [2.75, 3.05) is 0 Å². The summed E-state index contributed by atoms with van der Waals surface area (Å²) in [6, 6.07) is 7.66. The van der Waals surface area contributed by atoms with Crippen molar-refractivity contribution in [1.82, 2.24) is 10.3 Å². The van der Waals surface area contributed by atoms with Crippen molar-refractivity contribution in [1.29, 1.82) is 0 Å². The zero-order valence-electron chi connectivity index (χ0n) is 13.5. The van der Waals surface area contributed by atoms with E-state index in [-0.39, 0.29) is 5.91 Å². The molecule has 1 aliphatic carbocycles. The van der Waals surface area contributed by atoms with Gasteiger partial charge in [-0.15, -0.1) is 11.3 Å². The molecule has 2 aromatic rings. The number of aromatic nitrogens is 1. The number of benzene rings is 1. The van der Waals surface area contributed by atoms with Crippen molar-refractivity contribution < 1.29 is 14.7 Å². The second-order valence-corrected chi connectivity index (χ2v) is 7.13. The Kier molecular flexibility index (Phi) is 4.94. The highest BCUT2D eigenvalue weighted by Crippen LogP contribution is 2.37. The van der Waals surface area contributed by atoms with Crippen molar-refractivity contribution >= 4 is 23.2 Å². The van der Waals surface area contributed by atoms with Crippen LogP contribution in [0.3, 0.4) is 0 Å². The van der Waals surface area contributed by atoms with Gasteiger partial charge in [0.25, 0.3) is 5.91 Å². The van der Waals surface area contributed by atoms with Gasteiger partial charge in [0, 0.05) is 5.92 Å². The summed E-state index contributed by atoms with van der Waals surface area (Å²) in [4.78, 5) is 29.2. The molecule has 1 heterocycles. The SMILES string of the molecule is Cc1nc(C2CCCC2)sc1C(=O)NC(C(=O)O)c1ccccc1. The predicted molar refractivity (Wildman–Crippen MR) is 92.3 cm³/mol. The zero-order valence-corrected chi connectivity index (χ0v) is 14.3. The summed E-state index contributed by atoms with van der Waals surface area (Å²) < 4.78 is 0. The maximum atomic E-state index is 12.6. The molecule has 2 N–H and O–H groups in total. The molecular weight excluding hydrogens is 324 g/mol. The second kappa shape index (κ2) is 7.13. The molecule has 5 nitrogen and oxygen atoms in total. The highest BCUT2D eigenvalue weighted by molar-refractivity contribution is 7.13. The molecule has 3 rings (SSSR count). The average molecular weight is 344 g/mol. The molecule has 24 heavy (non-hydrogen) atoms. The van der Waals surface area contributed by atoms with Crippen LogP contribution >= 0.6 is 11.3 Å². The van der Waals surface area contributed by atoms with Gasteiger partial charge in [-0.2, -0.15) is 0 Å². The van der Waals surface area contributed by atoms with Crippen LogP contribution < -0.4 is 5.32 Å². The minimum absolute atomic E-state index is 0.370. The molecule has 0 spiro atoms. The predicted octanol–water partition coefficient (Wildman–Crippen LogP) is 3.66. The Balaban J connectivity index is 1.79. The lowest BCUT2D eigenvalue weighted by atomic mass is 10.1.